The summed E-state index contributed by atoms with van der Waals surface area (Å²) in [5.41, 5.74) is 2.87. The lowest BCUT2D eigenvalue weighted by Crippen LogP contribution is -2.41. The standard InChI is InChI=1S/C27H31N3O3/c1-22-8-13-26(33-22)20-30(15-14-23-6-4-3-5-7-23)27(31)21-29(16-17-32-2)19-25-11-9-24(18-28)10-12-25/h3-13H,14-17,19-21H2,1-2H3. The van der Waals surface area contributed by atoms with Gasteiger partial charge in [0.15, 0.2) is 0 Å². The Morgan fingerprint density at radius 3 is 2.36 bits per heavy atom. The molecular formula is C27H31N3O3. The lowest BCUT2D eigenvalue weighted by atomic mass is 10.1. The van der Waals surface area contributed by atoms with Crippen molar-refractivity contribution in [2.24, 2.45) is 0 Å². The SMILES string of the molecule is COCCN(CC(=O)N(CCc1ccccc1)Cc1ccc(C)o1)Cc1ccc(C#N)cc1. The molecule has 0 fully saturated rings. The fourth-order valence-corrected chi connectivity index (χ4v) is 3.63. The number of ether oxygens (including phenoxy) is 1. The second kappa shape index (κ2) is 12.6. The van der Waals surface area contributed by atoms with E-state index in [4.69, 9.17) is 14.4 Å². The van der Waals surface area contributed by atoms with E-state index in [0.29, 0.717) is 38.3 Å². The van der Waals surface area contributed by atoms with Gasteiger partial charge < -0.3 is 14.1 Å². The number of rotatable bonds is 12. The van der Waals surface area contributed by atoms with E-state index in [9.17, 15) is 4.79 Å². The van der Waals surface area contributed by atoms with Crippen LogP contribution < -0.4 is 0 Å². The molecule has 1 aromatic heterocycles. The number of carbonyl (C=O) groups is 1. The Labute approximate surface area is 196 Å². The minimum atomic E-state index is 0.0460. The number of methoxy groups -OCH3 is 1. The Morgan fingerprint density at radius 2 is 1.73 bits per heavy atom. The van der Waals surface area contributed by atoms with Crippen LogP contribution in [0, 0.1) is 18.3 Å². The lowest BCUT2D eigenvalue weighted by molar-refractivity contribution is -0.133. The second-order valence-corrected chi connectivity index (χ2v) is 8.08. The van der Waals surface area contributed by atoms with Gasteiger partial charge in [-0.25, -0.2) is 0 Å². The number of amides is 1. The number of furan rings is 1. The Hall–Kier alpha value is -3.40. The molecule has 0 saturated carbocycles. The first-order chi connectivity index (χ1) is 16.1. The molecule has 6 nitrogen and oxygen atoms in total. The lowest BCUT2D eigenvalue weighted by Gasteiger charge is -2.27. The number of aryl methyl sites for hydroxylation is 1. The monoisotopic (exact) mass is 445 g/mol. The summed E-state index contributed by atoms with van der Waals surface area (Å²) in [6.07, 6.45) is 0.778. The van der Waals surface area contributed by atoms with Crippen molar-refractivity contribution in [2.75, 3.05) is 33.4 Å². The van der Waals surface area contributed by atoms with Gasteiger partial charge in [-0.1, -0.05) is 42.5 Å². The quantitative estimate of drug-likeness (QED) is 0.418. The van der Waals surface area contributed by atoms with Gasteiger partial charge in [0.2, 0.25) is 5.91 Å². The third kappa shape index (κ3) is 7.90. The average Bonchev–Trinajstić information content (AvgIpc) is 3.25. The first-order valence-corrected chi connectivity index (χ1v) is 11.1. The normalized spacial score (nSPS) is 10.8. The summed E-state index contributed by atoms with van der Waals surface area (Å²) in [5.74, 6) is 1.66. The topological polar surface area (TPSA) is 69.7 Å². The molecule has 1 amide bonds. The van der Waals surface area contributed by atoms with Crippen molar-refractivity contribution < 1.29 is 13.9 Å². The molecule has 1 heterocycles. The van der Waals surface area contributed by atoms with Crippen LogP contribution in [0.3, 0.4) is 0 Å². The molecule has 0 aliphatic rings. The van der Waals surface area contributed by atoms with Gasteiger partial charge in [0.05, 0.1) is 31.3 Å². The number of benzene rings is 2. The zero-order valence-electron chi connectivity index (χ0n) is 19.4. The van der Waals surface area contributed by atoms with E-state index in [1.165, 1.54) is 5.56 Å². The smallest absolute Gasteiger partial charge is 0.237 e. The van der Waals surface area contributed by atoms with Gasteiger partial charge in [-0.2, -0.15) is 5.26 Å². The van der Waals surface area contributed by atoms with Gasteiger partial charge in [0, 0.05) is 26.7 Å². The Bertz CT molecular complexity index is 1040. The molecule has 0 aliphatic carbocycles. The van der Waals surface area contributed by atoms with Gasteiger partial charge in [-0.05, 0) is 48.7 Å². The highest BCUT2D eigenvalue weighted by Gasteiger charge is 2.19. The van der Waals surface area contributed by atoms with Crippen molar-refractivity contribution in [1.29, 1.82) is 5.26 Å². The van der Waals surface area contributed by atoms with Crippen LogP contribution in [0.5, 0.6) is 0 Å². The van der Waals surface area contributed by atoms with Crippen LogP contribution in [0.2, 0.25) is 0 Å². The summed E-state index contributed by atoms with van der Waals surface area (Å²) in [5, 5.41) is 9.03. The summed E-state index contributed by atoms with van der Waals surface area (Å²) < 4.78 is 11.0. The van der Waals surface area contributed by atoms with Gasteiger partial charge in [-0.3, -0.25) is 9.69 Å². The summed E-state index contributed by atoms with van der Waals surface area (Å²) in [6.45, 7) is 5.00. The molecule has 6 heteroatoms. The van der Waals surface area contributed by atoms with Crippen LogP contribution in [-0.2, 0) is 29.0 Å². The van der Waals surface area contributed by atoms with E-state index in [-0.39, 0.29) is 12.5 Å². The Kier molecular flexibility index (Phi) is 9.25. The third-order valence-electron chi connectivity index (χ3n) is 5.47. The van der Waals surface area contributed by atoms with Gasteiger partial charge in [0.25, 0.3) is 0 Å². The van der Waals surface area contributed by atoms with Crippen molar-refractivity contribution in [3.8, 4) is 6.07 Å². The zero-order valence-corrected chi connectivity index (χ0v) is 19.4. The first kappa shape index (κ1) is 24.2. The summed E-state index contributed by atoms with van der Waals surface area (Å²) in [7, 11) is 1.66. The predicted octanol–water partition coefficient (Wildman–Crippen LogP) is 4.18. The number of hydrogen-bond donors (Lipinski definition) is 0. The number of hydrogen-bond acceptors (Lipinski definition) is 5. The third-order valence-corrected chi connectivity index (χ3v) is 5.47. The largest absolute Gasteiger partial charge is 0.464 e. The van der Waals surface area contributed by atoms with Crippen LogP contribution in [-0.4, -0.2) is 49.1 Å². The number of nitriles is 1. The van der Waals surface area contributed by atoms with E-state index in [2.05, 4.69) is 23.1 Å². The van der Waals surface area contributed by atoms with Crippen molar-refractivity contribution >= 4 is 5.91 Å². The van der Waals surface area contributed by atoms with E-state index in [0.717, 1.165) is 23.5 Å². The summed E-state index contributed by atoms with van der Waals surface area (Å²) >= 11 is 0. The molecule has 172 valence electrons. The Morgan fingerprint density at radius 1 is 0.970 bits per heavy atom. The fraction of sp³-hybridized carbons (Fsp3) is 0.333. The highest BCUT2D eigenvalue weighted by molar-refractivity contribution is 5.78. The summed E-state index contributed by atoms with van der Waals surface area (Å²) in [4.78, 5) is 17.3. The molecule has 0 N–H and O–H groups in total. The molecule has 0 spiro atoms. The van der Waals surface area contributed by atoms with Crippen molar-refractivity contribution in [1.82, 2.24) is 9.80 Å². The molecule has 33 heavy (non-hydrogen) atoms. The minimum Gasteiger partial charge on any atom is -0.464 e. The second-order valence-electron chi connectivity index (χ2n) is 8.08. The molecule has 0 saturated heterocycles. The molecule has 0 bridgehead atoms. The molecular weight excluding hydrogens is 414 g/mol. The first-order valence-electron chi connectivity index (χ1n) is 11.1. The highest BCUT2D eigenvalue weighted by atomic mass is 16.5. The maximum absolute atomic E-state index is 13.4. The van der Waals surface area contributed by atoms with Gasteiger partial charge in [-0.15, -0.1) is 0 Å². The van der Waals surface area contributed by atoms with Crippen LogP contribution in [0.1, 0.15) is 28.2 Å². The van der Waals surface area contributed by atoms with Crippen LogP contribution in [0.15, 0.2) is 71.1 Å². The molecule has 0 radical (unpaired) electrons. The molecule has 0 unspecified atom stereocenters. The van der Waals surface area contributed by atoms with Crippen molar-refractivity contribution in [3.63, 3.8) is 0 Å². The fourth-order valence-electron chi connectivity index (χ4n) is 3.63. The van der Waals surface area contributed by atoms with E-state index in [1.54, 1.807) is 19.2 Å². The zero-order chi connectivity index (χ0) is 23.5. The molecule has 3 aromatic rings. The number of nitrogens with zero attached hydrogens (tertiary/aromatic N) is 3. The molecule has 2 aromatic carbocycles. The molecule has 0 atom stereocenters. The van der Waals surface area contributed by atoms with Crippen molar-refractivity contribution in [2.45, 2.75) is 26.4 Å². The van der Waals surface area contributed by atoms with Gasteiger partial charge in [0.1, 0.15) is 11.5 Å². The average molecular weight is 446 g/mol. The van der Waals surface area contributed by atoms with Gasteiger partial charge >= 0.3 is 0 Å². The van der Waals surface area contributed by atoms with E-state index >= 15 is 0 Å². The number of carbonyl (C=O) groups excluding carboxylic acids is 1. The van der Waals surface area contributed by atoms with Crippen molar-refractivity contribution in [3.05, 3.63) is 94.9 Å². The maximum Gasteiger partial charge on any atom is 0.237 e. The predicted molar refractivity (Wildman–Crippen MR) is 127 cm³/mol. The maximum atomic E-state index is 13.4. The molecule has 0 aliphatic heterocycles. The van der Waals surface area contributed by atoms with Crippen LogP contribution >= 0.6 is 0 Å². The highest BCUT2D eigenvalue weighted by Crippen LogP contribution is 2.13. The summed E-state index contributed by atoms with van der Waals surface area (Å²) in [6, 6.07) is 23.6. The minimum absolute atomic E-state index is 0.0460. The van der Waals surface area contributed by atoms with Crippen LogP contribution in [0.25, 0.3) is 0 Å². The Balaban J connectivity index is 1.70. The van der Waals surface area contributed by atoms with E-state index in [1.807, 2.05) is 54.3 Å². The van der Waals surface area contributed by atoms with Crippen LogP contribution in [0.4, 0.5) is 0 Å². The van der Waals surface area contributed by atoms with E-state index < -0.39 is 0 Å². The molecule has 3 rings (SSSR count).